The second-order valence-electron chi connectivity index (χ2n) is 7.10. The van der Waals surface area contributed by atoms with E-state index in [2.05, 4.69) is 16.0 Å². The Hall–Kier alpha value is -3.63. The van der Waals surface area contributed by atoms with Crippen LogP contribution < -0.4 is 16.0 Å². The van der Waals surface area contributed by atoms with Gasteiger partial charge in [0.1, 0.15) is 16.5 Å². The highest BCUT2D eigenvalue weighted by atomic mass is 32.1. The van der Waals surface area contributed by atoms with E-state index in [1.807, 2.05) is 50.2 Å². The van der Waals surface area contributed by atoms with Crippen molar-refractivity contribution in [2.75, 3.05) is 0 Å². The van der Waals surface area contributed by atoms with E-state index in [1.165, 1.54) is 11.3 Å². The lowest BCUT2D eigenvalue weighted by molar-refractivity contribution is 0.397. The van der Waals surface area contributed by atoms with Crippen LogP contribution in [-0.2, 0) is 0 Å². The predicted molar refractivity (Wildman–Crippen MR) is 113 cm³/mol. The molecule has 0 radical (unpaired) electrons. The molecular weight excluding hydrogens is 384 g/mol. The molecule has 0 amide bonds. The normalized spacial score (nSPS) is 16.0. The van der Waals surface area contributed by atoms with Crippen molar-refractivity contribution in [1.29, 1.82) is 5.26 Å². The molecule has 0 fully saturated rings. The third-order valence-electron chi connectivity index (χ3n) is 5.23. The van der Waals surface area contributed by atoms with Crippen molar-refractivity contribution in [3.8, 4) is 11.8 Å². The fourth-order valence-corrected chi connectivity index (χ4v) is 5.29. The van der Waals surface area contributed by atoms with Crippen LogP contribution in [0.25, 0.3) is 20.4 Å². The van der Waals surface area contributed by atoms with Crippen LogP contribution in [0.3, 0.4) is 0 Å². The van der Waals surface area contributed by atoms with Gasteiger partial charge in [-0.05, 0) is 31.0 Å². The number of aromatic nitrogens is 2. The van der Waals surface area contributed by atoms with E-state index < -0.39 is 5.92 Å². The molecular formula is C22H16N4O2S. The molecule has 0 saturated heterocycles. The second kappa shape index (κ2) is 6.19. The number of nitriles is 1. The summed E-state index contributed by atoms with van der Waals surface area (Å²) in [6.45, 7) is 3.94. The largest absolute Gasteiger partial charge is 0.438 e. The number of benzene rings is 1. The molecule has 1 aromatic carbocycles. The summed E-state index contributed by atoms with van der Waals surface area (Å²) in [6.07, 6.45) is 0. The Labute approximate surface area is 169 Å². The van der Waals surface area contributed by atoms with Gasteiger partial charge in [-0.1, -0.05) is 30.3 Å². The summed E-state index contributed by atoms with van der Waals surface area (Å²) in [5.74, 6) is -0.146. The van der Waals surface area contributed by atoms with Crippen LogP contribution in [0.15, 0.2) is 52.6 Å². The summed E-state index contributed by atoms with van der Waals surface area (Å²) in [6, 6.07) is 13.5. The minimum atomic E-state index is -0.584. The second-order valence-corrected chi connectivity index (χ2v) is 8.10. The maximum atomic E-state index is 13.2. The Kier molecular flexibility index (Phi) is 3.73. The topological polar surface area (TPSA) is 105 Å². The number of hydrogen-bond donors (Lipinski definition) is 2. The van der Waals surface area contributed by atoms with E-state index in [4.69, 9.17) is 10.5 Å². The Morgan fingerprint density at radius 2 is 2.03 bits per heavy atom. The fourth-order valence-electron chi connectivity index (χ4n) is 4.04. The van der Waals surface area contributed by atoms with Crippen molar-refractivity contribution in [2.24, 2.45) is 5.73 Å². The Morgan fingerprint density at radius 1 is 1.28 bits per heavy atom. The van der Waals surface area contributed by atoms with Gasteiger partial charge >= 0.3 is 0 Å². The molecule has 142 valence electrons. The molecule has 6 nitrogen and oxygen atoms in total. The number of rotatable bonds is 1. The van der Waals surface area contributed by atoms with E-state index in [0.717, 1.165) is 31.7 Å². The van der Waals surface area contributed by atoms with E-state index in [-0.39, 0.29) is 17.0 Å². The molecule has 7 heteroatoms. The number of hydrogen-bond acceptors (Lipinski definition) is 6. The van der Waals surface area contributed by atoms with Gasteiger partial charge in [0.05, 0.1) is 21.7 Å². The molecule has 1 atom stereocenters. The number of nitrogens with zero attached hydrogens (tertiary/aromatic N) is 2. The number of nitrogens with two attached hydrogens (primary N) is 1. The van der Waals surface area contributed by atoms with Crippen molar-refractivity contribution < 1.29 is 4.74 Å². The van der Waals surface area contributed by atoms with Crippen molar-refractivity contribution in [1.82, 2.24) is 9.97 Å². The standard InChI is InChI=1S/C22H16N4O2S/c1-10-8-11(2)25-22-14(10)17-19(29-22)18-16(21(27)26-17)15(12-6-4-3-5-7-12)13(9-23)20(24)28-18/h3-8,15H,24H2,1-2H3,(H,26,27)/t15-/m1/s1. The average molecular weight is 400 g/mol. The van der Waals surface area contributed by atoms with Gasteiger partial charge in [0.25, 0.3) is 5.56 Å². The Morgan fingerprint density at radius 3 is 2.76 bits per heavy atom. The highest BCUT2D eigenvalue weighted by Gasteiger charge is 2.35. The molecule has 1 aliphatic rings. The molecule has 0 bridgehead atoms. The first-order chi connectivity index (χ1) is 14.0. The predicted octanol–water partition coefficient (Wildman–Crippen LogP) is 3.97. The van der Waals surface area contributed by atoms with Crippen LogP contribution in [0, 0.1) is 25.2 Å². The number of fused-ring (bicyclic) bond motifs is 5. The maximum Gasteiger partial charge on any atom is 0.256 e. The fraction of sp³-hybridized carbons (Fsp3) is 0.136. The first-order valence-electron chi connectivity index (χ1n) is 9.08. The maximum absolute atomic E-state index is 13.2. The highest BCUT2D eigenvalue weighted by molar-refractivity contribution is 7.25. The van der Waals surface area contributed by atoms with E-state index in [9.17, 15) is 10.1 Å². The van der Waals surface area contributed by atoms with Crippen LogP contribution in [-0.4, -0.2) is 9.97 Å². The summed E-state index contributed by atoms with van der Waals surface area (Å²) in [4.78, 5) is 21.7. The summed E-state index contributed by atoms with van der Waals surface area (Å²) < 4.78 is 6.65. The summed E-state index contributed by atoms with van der Waals surface area (Å²) in [5, 5.41) is 10.6. The van der Waals surface area contributed by atoms with Crippen LogP contribution in [0.5, 0.6) is 5.75 Å². The SMILES string of the molecule is Cc1cc(C)c2c(n1)sc1c3c(c(=O)[nH]c12)[C@H](c1ccccc1)C(C#N)=C(N)O3. The van der Waals surface area contributed by atoms with Crippen LogP contribution in [0.4, 0.5) is 0 Å². The summed E-state index contributed by atoms with van der Waals surface area (Å²) in [7, 11) is 0. The zero-order valence-corrected chi connectivity index (χ0v) is 16.6. The highest BCUT2D eigenvalue weighted by Crippen LogP contribution is 2.46. The Balaban J connectivity index is 1.91. The number of H-pyrrole nitrogens is 1. The molecule has 3 N–H and O–H groups in total. The molecule has 3 aromatic heterocycles. The monoisotopic (exact) mass is 400 g/mol. The number of ether oxygens (including phenoxy) is 1. The molecule has 1 aliphatic heterocycles. The molecule has 0 unspecified atom stereocenters. The van der Waals surface area contributed by atoms with Crippen molar-refractivity contribution in [2.45, 2.75) is 19.8 Å². The zero-order chi connectivity index (χ0) is 20.3. The van der Waals surface area contributed by atoms with E-state index in [1.54, 1.807) is 0 Å². The van der Waals surface area contributed by atoms with Crippen LogP contribution >= 0.6 is 11.3 Å². The third-order valence-corrected chi connectivity index (χ3v) is 6.31. The lowest BCUT2D eigenvalue weighted by Crippen LogP contribution is -2.27. The van der Waals surface area contributed by atoms with Gasteiger partial charge < -0.3 is 15.5 Å². The quantitative estimate of drug-likeness (QED) is 0.503. The number of aryl methyl sites for hydroxylation is 2. The molecule has 4 heterocycles. The Bertz CT molecular complexity index is 1440. The first-order valence-corrected chi connectivity index (χ1v) is 9.90. The van der Waals surface area contributed by atoms with E-state index in [0.29, 0.717) is 16.8 Å². The van der Waals surface area contributed by atoms with Gasteiger partial charge in [0, 0.05) is 11.1 Å². The van der Waals surface area contributed by atoms with Crippen LogP contribution in [0.2, 0.25) is 0 Å². The zero-order valence-electron chi connectivity index (χ0n) is 15.7. The minimum absolute atomic E-state index is 0.0269. The van der Waals surface area contributed by atoms with Gasteiger partial charge in [-0.3, -0.25) is 4.79 Å². The molecule has 0 aliphatic carbocycles. The first kappa shape index (κ1) is 17.5. The number of pyridine rings is 2. The number of nitrogens with one attached hydrogen (secondary N) is 1. The molecule has 4 aromatic rings. The van der Waals surface area contributed by atoms with Crippen LogP contribution in [0.1, 0.15) is 28.3 Å². The molecule has 0 spiro atoms. The molecule has 5 rings (SSSR count). The third kappa shape index (κ3) is 2.46. The molecule has 29 heavy (non-hydrogen) atoms. The van der Waals surface area contributed by atoms with Crippen molar-refractivity contribution in [3.63, 3.8) is 0 Å². The lowest BCUT2D eigenvalue weighted by Gasteiger charge is -2.25. The van der Waals surface area contributed by atoms with Crippen molar-refractivity contribution >= 4 is 31.8 Å². The lowest BCUT2D eigenvalue weighted by atomic mass is 9.84. The van der Waals surface area contributed by atoms with Gasteiger partial charge in [-0.2, -0.15) is 5.26 Å². The number of thiophene rings is 1. The minimum Gasteiger partial charge on any atom is -0.438 e. The van der Waals surface area contributed by atoms with E-state index >= 15 is 0 Å². The summed E-state index contributed by atoms with van der Waals surface area (Å²) >= 11 is 1.45. The smallest absolute Gasteiger partial charge is 0.256 e. The number of aromatic amines is 1. The van der Waals surface area contributed by atoms with Gasteiger partial charge in [-0.25, -0.2) is 4.98 Å². The van der Waals surface area contributed by atoms with Crippen molar-refractivity contribution in [3.05, 3.63) is 80.6 Å². The van der Waals surface area contributed by atoms with Gasteiger partial charge in [0.15, 0.2) is 5.75 Å². The average Bonchev–Trinajstić information content (AvgIpc) is 3.06. The number of allylic oxidation sites excluding steroid dienone is 1. The van der Waals surface area contributed by atoms with Gasteiger partial charge in [-0.15, -0.1) is 11.3 Å². The van der Waals surface area contributed by atoms with Gasteiger partial charge in [0.2, 0.25) is 5.88 Å². The summed E-state index contributed by atoms with van der Waals surface area (Å²) in [5.41, 5.74) is 9.93. The molecule has 0 saturated carbocycles.